The molecule has 0 aliphatic carbocycles. The molecular formula is C33H43FN6O4S. The van der Waals surface area contributed by atoms with Crippen LogP contribution in [0.3, 0.4) is 0 Å². The van der Waals surface area contributed by atoms with Gasteiger partial charge in [-0.3, -0.25) is 4.68 Å². The minimum atomic E-state index is -3.55. The van der Waals surface area contributed by atoms with Crippen LogP contribution in [0.2, 0.25) is 0 Å². The zero-order valence-electron chi connectivity index (χ0n) is 26.4. The molecule has 2 aromatic carbocycles. The molecule has 0 saturated carbocycles. The number of aromatic amines is 1. The predicted molar refractivity (Wildman–Crippen MR) is 172 cm³/mol. The highest BCUT2D eigenvalue weighted by molar-refractivity contribution is 7.89. The maximum atomic E-state index is 14.2. The van der Waals surface area contributed by atoms with Gasteiger partial charge >= 0.3 is 5.97 Å². The molecule has 1 saturated heterocycles. The number of piperidine rings is 1. The summed E-state index contributed by atoms with van der Waals surface area (Å²) in [5.41, 5.74) is 2.93. The average molecular weight is 639 g/mol. The summed E-state index contributed by atoms with van der Waals surface area (Å²) in [5, 5.41) is 9.25. The molecule has 0 atom stereocenters. The number of fused-ring (bicyclic) bond motifs is 1. The summed E-state index contributed by atoms with van der Waals surface area (Å²) in [4.78, 5) is 18.7. The first kappa shape index (κ1) is 32.8. The SMILES string of the molecule is CC(C)CCOC(=O)c1[nH]c2ccc(F)cc2c1-c1cn(CC2CCN(CCNS(=O)(=O)c3ccc(C(C)C)cc3)CC2)nn1. The highest BCUT2D eigenvalue weighted by Crippen LogP contribution is 2.33. The van der Waals surface area contributed by atoms with Crippen LogP contribution in [-0.2, 0) is 21.3 Å². The number of aromatic nitrogens is 4. The number of hydrogen-bond donors (Lipinski definition) is 2. The Bertz CT molecular complexity index is 1710. The number of likely N-dealkylation sites (tertiary alicyclic amines) is 1. The number of sulfonamides is 1. The monoisotopic (exact) mass is 638 g/mol. The van der Waals surface area contributed by atoms with E-state index in [1.807, 2.05) is 12.1 Å². The molecule has 12 heteroatoms. The van der Waals surface area contributed by atoms with Gasteiger partial charge in [0.2, 0.25) is 10.0 Å². The van der Waals surface area contributed by atoms with Gasteiger partial charge in [0.15, 0.2) is 0 Å². The van der Waals surface area contributed by atoms with Crippen LogP contribution in [0.1, 0.15) is 68.9 Å². The van der Waals surface area contributed by atoms with E-state index in [-0.39, 0.29) is 10.6 Å². The van der Waals surface area contributed by atoms with Crippen molar-refractivity contribution in [3.63, 3.8) is 0 Å². The second-order valence-corrected chi connectivity index (χ2v) is 14.4. The summed E-state index contributed by atoms with van der Waals surface area (Å²) in [6.45, 7) is 11.9. The van der Waals surface area contributed by atoms with Crippen molar-refractivity contribution in [2.45, 2.75) is 64.3 Å². The fourth-order valence-electron chi connectivity index (χ4n) is 5.66. The Morgan fingerprint density at radius 2 is 1.84 bits per heavy atom. The van der Waals surface area contributed by atoms with Crippen molar-refractivity contribution in [1.82, 2.24) is 29.6 Å². The minimum absolute atomic E-state index is 0.239. The molecule has 2 N–H and O–H groups in total. The molecule has 4 aromatic rings. The van der Waals surface area contributed by atoms with E-state index in [4.69, 9.17) is 4.74 Å². The van der Waals surface area contributed by atoms with Gasteiger partial charge in [-0.2, -0.15) is 0 Å². The van der Waals surface area contributed by atoms with Crippen molar-refractivity contribution in [1.29, 1.82) is 0 Å². The topological polar surface area (TPSA) is 122 Å². The van der Waals surface area contributed by atoms with Crippen LogP contribution in [0.4, 0.5) is 4.39 Å². The number of nitrogens with zero attached hydrogens (tertiary/aromatic N) is 4. The number of hydrogen-bond acceptors (Lipinski definition) is 7. The third kappa shape index (κ3) is 8.16. The van der Waals surface area contributed by atoms with E-state index in [2.05, 4.69) is 52.6 Å². The maximum Gasteiger partial charge on any atom is 0.355 e. The standard InChI is InChI=1S/C33H43FN6O4S/c1-22(2)13-18-44-33(41)32-31(28-19-26(34)7-10-29(28)36-32)30-21-40(38-37-30)20-24-11-15-39(16-12-24)17-14-35-45(42,43)27-8-5-25(6-9-27)23(3)4/h5-10,19,21-24,35-36H,11-18,20H2,1-4H3. The smallest absolute Gasteiger partial charge is 0.355 e. The third-order valence-electron chi connectivity index (χ3n) is 8.42. The van der Waals surface area contributed by atoms with Gasteiger partial charge in [0.05, 0.1) is 17.7 Å². The van der Waals surface area contributed by atoms with Gasteiger partial charge in [-0.25, -0.2) is 22.3 Å². The fraction of sp³-hybridized carbons (Fsp3) is 0.485. The van der Waals surface area contributed by atoms with Gasteiger partial charge in [-0.05, 0) is 86.0 Å². The zero-order chi connectivity index (χ0) is 32.1. The number of H-pyrrole nitrogens is 1. The van der Waals surface area contributed by atoms with Gasteiger partial charge in [-0.1, -0.05) is 45.0 Å². The Labute approximate surface area is 264 Å². The fourth-order valence-corrected chi connectivity index (χ4v) is 6.68. The predicted octanol–water partition coefficient (Wildman–Crippen LogP) is 5.58. The Balaban J connectivity index is 1.16. The Morgan fingerprint density at radius 1 is 1.11 bits per heavy atom. The van der Waals surface area contributed by atoms with Crippen LogP contribution in [-0.4, -0.2) is 72.1 Å². The zero-order valence-corrected chi connectivity index (χ0v) is 27.2. The molecule has 0 amide bonds. The summed E-state index contributed by atoms with van der Waals surface area (Å²) < 4.78 is 49.7. The van der Waals surface area contributed by atoms with E-state index in [0.29, 0.717) is 66.2 Å². The lowest BCUT2D eigenvalue weighted by atomic mass is 9.97. The average Bonchev–Trinajstić information content (AvgIpc) is 3.62. The van der Waals surface area contributed by atoms with Crippen LogP contribution in [0.25, 0.3) is 22.2 Å². The third-order valence-corrected chi connectivity index (χ3v) is 9.89. The molecule has 0 unspecified atom stereocenters. The molecule has 45 heavy (non-hydrogen) atoms. The molecule has 0 spiro atoms. The molecule has 2 aromatic heterocycles. The molecule has 0 bridgehead atoms. The van der Waals surface area contributed by atoms with Gasteiger partial charge < -0.3 is 14.6 Å². The highest BCUT2D eigenvalue weighted by Gasteiger charge is 2.25. The van der Waals surface area contributed by atoms with E-state index in [0.717, 1.165) is 37.9 Å². The molecule has 1 aliphatic rings. The molecule has 10 nitrogen and oxygen atoms in total. The number of carbonyl (C=O) groups excluding carboxylic acids is 1. The lowest BCUT2D eigenvalue weighted by Gasteiger charge is -2.31. The molecule has 242 valence electrons. The van der Waals surface area contributed by atoms with Gasteiger partial charge in [0.25, 0.3) is 0 Å². The van der Waals surface area contributed by atoms with Gasteiger partial charge in [0, 0.05) is 36.1 Å². The molecule has 3 heterocycles. The molecule has 0 radical (unpaired) electrons. The van der Waals surface area contributed by atoms with Crippen LogP contribution in [0.15, 0.2) is 53.6 Å². The highest BCUT2D eigenvalue weighted by atomic mass is 32.2. The first-order chi connectivity index (χ1) is 21.5. The molecular weight excluding hydrogens is 595 g/mol. The van der Waals surface area contributed by atoms with E-state index in [1.54, 1.807) is 29.1 Å². The van der Waals surface area contributed by atoms with Crippen LogP contribution in [0, 0.1) is 17.7 Å². The summed E-state index contributed by atoms with van der Waals surface area (Å²) in [7, 11) is -3.55. The number of benzene rings is 2. The van der Waals surface area contributed by atoms with E-state index >= 15 is 0 Å². The number of rotatable bonds is 13. The second-order valence-electron chi connectivity index (χ2n) is 12.6. The van der Waals surface area contributed by atoms with Crippen molar-refractivity contribution in [3.8, 4) is 11.3 Å². The van der Waals surface area contributed by atoms with E-state index in [9.17, 15) is 17.6 Å². The largest absolute Gasteiger partial charge is 0.461 e. The quantitative estimate of drug-likeness (QED) is 0.183. The van der Waals surface area contributed by atoms with Crippen LogP contribution in [0.5, 0.6) is 0 Å². The summed E-state index contributed by atoms with van der Waals surface area (Å²) in [5.74, 6) is 0.197. The second kappa shape index (κ2) is 14.2. The number of halogens is 1. The van der Waals surface area contributed by atoms with Crippen molar-refractivity contribution in [2.75, 3.05) is 32.8 Å². The van der Waals surface area contributed by atoms with Crippen molar-refractivity contribution >= 4 is 26.9 Å². The van der Waals surface area contributed by atoms with Gasteiger partial charge in [0.1, 0.15) is 17.2 Å². The lowest BCUT2D eigenvalue weighted by Crippen LogP contribution is -2.40. The Kier molecular flexibility index (Phi) is 10.4. The van der Waals surface area contributed by atoms with Crippen LogP contribution >= 0.6 is 0 Å². The molecule has 1 fully saturated rings. The van der Waals surface area contributed by atoms with Crippen molar-refractivity contribution in [2.24, 2.45) is 11.8 Å². The van der Waals surface area contributed by atoms with Crippen LogP contribution < -0.4 is 4.72 Å². The Morgan fingerprint density at radius 3 is 2.53 bits per heavy atom. The Hall–Kier alpha value is -3.61. The number of carbonyl (C=O) groups is 1. The number of ether oxygens (including phenoxy) is 1. The first-order valence-electron chi connectivity index (χ1n) is 15.7. The van der Waals surface area contributed by atoms with Crippen molar-refractivity contribution < 1.29 is 22.3 Å². The van der Waals surface area contributed by atoms with Gasteiger partial charge in [-0.15, -0.1) is 5.10 Å². The minimum Gasteiger partial charge on any atom is -0.461 e. The van der Waals surface area contributed by atoms with E-state index in [1.165, 1.54) is 12.1 Å². The summed E-state index contributed by atoms with van der Waals surface area (Å²) in [6.07, 6.45) is 4.41. The van der Waals surface area contributed by atoms with E-state index < -0.39 is 21.8 Å². The lowest BCUT2D eigenvalue weighted by molar-refractivity contribution is 0.0483. The summed E-state index contributed by atoms with van der Waals surface area (Å²) >= 11 is 0. The normalized spacial score (nSPS) is 15.0. The number of esters is 1. The molecule has 1 aliphatic heterocycles. The first-order valence-corrected chi connectivity index (χ1v) is 17.2. The summed E-state index contributed by atoms with van der Waals surface area (Å²) in [6, 6.07) is 11.4. The maximum absolute atomic E-state index is 14.2. The number of nitrogens with one attached hydrogen (secondary N) is 2. The van der Waals surface area contributed by atoms with Crippen molar-refractivity contribution in [3.05, 3.63) is 65.7 Å². The molecule has 5 rings (SSSR count).